The van der Waals surface area contributed by atoms with Crippen LogP contribution in [0, 0.1) is 13.8 Å². The summed E-state index contributed by atoms with van der Waals surface area (Å²) >= 11 is 12.5. The van der Waals surface area contributed by atoms with Crippen molar-refractivity contribution in [2.75, 3.05) is 31.0 Å². The fourth-order valence-corrected chi connectivity index (χ4v) is 5.96. The maximum atomic E-state index is 12.3. The van der Waals surface area contributed by atoms with Gasteiger partial charge in [0, 0.05) is 36.1 Å². The molecule has 0 unspecified atom stereocenters. The van der Waals surface area contributed by atoms with Crippen molar-refractivity contribution in [1.29, 1.82) is 0 Å². The highest BCUT2D eigenvalue weighted by atomic mass is 35.5. The highest BCUT2D eigenvalue weighted by molar-refractivity contribution is 7.80. The number of benzene rings is 2. The first-order valence-electron chi connectivity index (χ1n) is 13.2. The predicted molar refractivity (Wildman–Crippen MR) is 166 cm³/mol. The zero-order valence-electron chi connectivity index (χ0n) is 23.6. The average Bonchev–Trinajstić information content (AvgIpc) is 3.48. The number of rotatable bonds is 8. The summed E-state index contributed by atoms with van der Waals surface area (Å²) in [7, 11) is 2.82. The molecule has 0 spiro atoms. The minimum Gasteiger partial charge on any atom is -0.465 e. The summed E-state index contributed by atoms with van der Waals surface area (Å²) in [6.07, 6.45) is 1.76. The fourth-order valence-electron chi connectivity index (χ4n) is 5.40. The van der Waals surface area contributed by atoms with Gasteiger partial charge in [0.05, 0.1) is 41.2 Å². The molecule has 2 aromatic carbocycles. The number of hydrogen-bond donors (Lipinski definition) is 2. The number of aromatic nitrogens is 2. The van der Waals surface area contributed by atoms with Crippen LogP contribution in [-0.2, 0) is 14.3 Å². The summed E-state index contributed by atoms with van der Waals surface area (Å²) in [4.78, 5) is 31.0. The van der Waals surface area contributed by atoms with Crippen LogP contribution in [0.3, 0.4) is 0 Å². The molecule has 4 aromatic rings. The van der Waals surface area contributed by atoms with E-state index in [0.29, 0.717) is 21.4 Å². The van der Waals surface area contributed by atoms with Crippen LogP contribution >= 0.6 is 23.8 Å². The van der Waals surface area contributed by atoms with E-state index in [1.165, 1.54) is 14.2 Å². The Kier molecular flexibility index (Phi) is 8.58. The summed E-state index contributed by atoms with van der Waals surface area (Å²) in [5.74, 6) is -0.702. The van der Waals surface area contributed by atoms with Gasteiger partial charge in [0.2, 0.25) is 5.91 Å². The molecule has 0 radical (unpaired) electrons. The van der Waals surface area contributed by atoms with Gasteiger partial charge in [0.15, 0.2) is 5.11 Å². The van der Waals surface area contributed by atoms with E-state index in [9.17, 15) is 9.59 Å². The van der Waals surface area contributed by atoms with Crippen LogP contribution in [-0.4, -0.2) is 47.4 Å². The molecule has 0 bridgehead atoms. The third kappa shape index (κ3) is 5.61. The van der Waals surface area contributed by atoms with E-state index < -0.39 is 5.97 Å². The third-order valence-electron chi connectivity index (χ3n) is 7.19. The number of nitrogens with one attached hydrogen (secondary N) is 2. The van der Waals surface area contributed by atoms with Crippen LogP contribution in [0.2, 0.25) is 5.02 Å². The molecule has 5 rings (SSSR count). The first kappa shape index (κ1) is 29.2. The largest absolute Gasteiger partial charge is 0.465 e. The molecule has 2 N–H and O–H groups in total. The van der Waals surface area contributed by atoms with E-state index in [-0.39, 0.29) is 24.6 Å². The summed E-state index contributed by atoms with van der Waals surface area (Å²) in [5.41, 5.74) is 6.35. The Balaban J connectivity index is 1.61. The molecule has 216 valence electrons. The molecule has 9 nitrogen and oxygen atoms in total. The minimum absolute atomic E-state index is 0.0792. The Morgan fingerprint density at radius 3 is 2.55 bits per heavy atom. The van der Waals surface area contributed by atoms with Crippen molar-refractivity contribution in [3.63, 3.8) is 0 Å². The lowest BCUT2D eigenvalue weighted by atomic mass is 9.96. The van der Waals surface area contributed by atoms with Crippen LogP contribution in [0.5, 0.6) is 0 Å². The van der Waals surface area contributed by atoms with Gasteiger partial charge in [-0.15, -0.1) is 0 Å². The van der Waals surface area contributed by atoms with E-state index in [2.05, 4.69) is 26.3 Å². The maximum Gasteiger partial charge on any atom is 0.337 e. The van der Waals surface area contributed by atoms with Gasteiger partial charge in [-0.25, -0.2) is 4.79 Å². The van der Waals surface area contributed by atoms with Crippen molar-refractivity contribution in [1.82, 2.24) is 14.9 Å². The smallest absolute Gasteiger partial charge is 0.337 e. The molecule has 0 aliphatic carbocycles. The molecule has 1 saturated heterocycles. The fraction of sp³-hybridized carbons (Fsp3) is 0.226. The number of carbonyl (C=O) groups is 2. The lowest BCUT2D eigenvalue weighted by Gasteiger charge is -2.28. The summed E-state index contributed by atoms with van der Waals surface area (Å²) < 4.78 is 12.0. The summed E-state index contributed by atoms with van der Waals surface area (Å²) in [5, 5.41) is 7.12. The Hall–Kier alpha value is -4.25. The van der Waals surface area contributed by atoms with Crippen molar-refractivity contribution < 1.29 is 19.1 Å². The Morgan fingerprint density at radius 1 is 1.05 bits per heavy atom. The Morgan fingerprint density at radius 2 is 1.86 bits per heavy atom. The summed E-state index contributed by atoms with van der Waals surface area (Å²) in [6, 6.07) is 20.1. The monoisotopic (exact) mass is 603 g/mol. The van der Waals surface area contributed by atoms with Crippen LogP contribution in [0.15, 0.2) is 72.9 Å². The molecular weight excluding hydrogens is 574 g/mol. The molecule has 1 aliphatic heterocycles. The number of nitrogens with zero attached hydrogens (tertiary/aromatic N) is 3. The van der Waals surface area contributed by atoms with Gasteiger partial charge in [-0.2, -0.15) is 0 Å². The normalized spacial score (nSPS) is 16.3. The lowest BCUT2D eigenvalue weighted by molar-refractivity contribution is -0.119. The number of esters is 1. The van der Waals surface area contributed by atoms with Crippen molar-refractivity contribution in [3.05, 3.63) is 106 Å². The SMILES string of the molecule is COCC(=O)Nc1ccc(N2C(=S)N[C@@H](c3ccccn3)[C@@H]2c2cc(C)n(-c3cccc(C(=O)OC)c3)c2C)cc1Cl. The zero-order valence-corrected chi connectivity index (χ0v) is 25.1. The number of halogens is 1. The van der Waals surface area contributed by atoms with Crippen molar-refractivity contribution in [3.8, 4) is 5.69 Å². The molecule has 42 heavy (non-hydrogen) atoms. The first-order chi connectivity index (χ1) is 20.2. The Labute approximate surface area is 254 Å². The van der Waals surface area contributed by atoms with Gasteiger partial charge in [0.1, 0.15) is 6.61 Å². The molecule has 3 heterocycles. The van der Waals surface area contributed by atoms with E-state index in [1.807, 2.05) is 61.2 Å². The maximum absolute atomic E-state index is 12.3. The highest BCUT2D eigenvalue weighted by Crippen LogP contribution is 2.44. The molecule has 1 aliphatic rings. The van der Waals surface area contributed by atoms with Gasteiger partial charge >= 0.3 is 5.97 Å². The number of carbonyl (C=O) groups excluding carboxylic acids is 2. The average molecular weight is 604 g/mol. The number of hydrogen-bond acceptors (Lipinski definition) is 6. The molecule has 1 amide bonds. The molecule has 0 saturated carbocycles. The van der Waals surface area contributed by atoms with Gasteiger partial charge in [-0.05, 0) is 86.2 Å². The zero-order chi connectivity index (χ0) is 30.0. The predicted octanol–water partition coefficient (Wildman–Crippen LogP) is 5.69. The number of aryl methyl sites for hydroxylation is 1. The number of anilines is 2. The van der Waals surface area contributed by atoms with Crippen molar-refractivity contribution >= 4 is 52.2 Å². The van der Waals surface area contributed by atoms with Crippen LogP contribution in [0.1, 0.15) is 45.1 Å². The summed E-state index contributed by atoms with van der Waals surface area (Å²) in [6.45, 7) is 3.99. The lowest BCUT2D eigenvalue weighted by Crippen LogP contribution is -2.29. The van der Waals surface area contributed by atoms with Crippen LogP contribution in [0.4, 0.5) is 11.4 Å². The minimum atomic E-state index is -0.398. The number of thiocarbonyl (C=S) groups is 1. The second kappa shape index (κ2) is 12.3. The number of amides is 1. The van der Waals surface area contributed by atoms with E-state index in [4.69, 9.17) is 33.3 Å². The van der Waals surface area contributed by atoms with Crippen LogP contribution < -0.4 is 15.5 Å². The number of pyridine rings is 1. The highest BCUT2D eigenvalue weighted by Gasteiger charge is 2.42. The molecular formula is C31H30ClN5O4S. The Bertz CT molecular complexity index is 1660. The first-order valence-corrected chi connectivity index (χ1v) is 14.0. The second-order valence-electron chi connectivity index (χ2n) is 9.85. The van der Waals surface area contributed by atoms with Gasteiger partial charge < -0.3 is 29.6 Å². The number of ether oxygens (including phenoxy) is 2. The van der Waals surface area contributed by atoms with E-state index in [1.54, 1.807) is 24.4 Å². The third-order valence-corrected chi connectivity index (χ3v) is 7.82. The second-order valence-corrected chi connectivity index (χ2v) is 10.6. The standard InChI is InChI=1S/C31H30ClN5O4S/c1-18-14-23(19(2)36(18)21-9-7-8-20(15-21)30(39)41-4)29-28(26-10-5-6-13-33-26)35-31(42)37(29)22-11-12-25(24(32)16-22)34-27(38)17-40-3/h5-16,28-29H,17H2,1-4H3,(H,34,38)(H,35,42)/t28-,29-/m0/s1. The quantitative estimate of drug-likeness (QED) is 0.196. The van der Waals surface area contributed by atoms with Crippen molar-refractivity contribution in [2.45, 2.75) is 25.9 Å². The van der Waals surface area contributed by atoms with Gasteiger partial charge in [0.25, 0.3) is 0 Å². The molecule has 2 aromatic heterocycles. The van der Waals surface area contributed by atoms with Gasteiger partial charge in [-0.1, -0.05) is 23.7 Å². The van der Waals surface area contributed by atoms with Crippen molar-refractivity contribution in [2.24, 2.45) is 0 Å². The molecule has 11 heteroatoms. The number of methoxy groups -OCH3 is 2. The molecule has 1 fully saturated rings. The topological polar surface area (TPSA) is 97.7 Å². The van der Waals surface area contributed by atoms with Crippen LogP contribution in [0.25, 0.3) is 5.69 Å². The van der Waals surface area contributed by atoms with E-state index >= 15 is 0 Å². The van der Waals surface area contributed by atoms with Gasteiger partial charge in [-0.3, -0.25) is 9.78 Å². The van der Waals surface area contributed by atoms with E-state index in [0.717, 1.165) is 34.0 Å². The molecule has 2 atom stereocenters.